The minimum Gasteiger partial charge on any atom is -0.497 e. The lowest BCUT2D eigenvalue weighted by Crippen LogP contribution is -2.27. The number of carboxylic acid groups (broad SMARTS) is 1. The fourth-order valence-electron chi connectivity index (χ4n) is 5.01. The quantitative estimate of drug-likeness (QED) is 0.328. The normalized spacial score (nSPS) is 15.0. The summed E-state index contributed by atoms with van der Waals surface area (Å²) in [6.45, 7) is 4.03. The first kappa shape index (κ1) is 25.1. The van der Waals surface area contributed by atoms with Crippen molar-refractivity contribution in [3.8, 4) is 16.9 Å². The molecule has 0 spiro atoms. The third-order valence-corrected chi connectivity index (χ3v) is 6.92. The van der Waals surface area contributed by atoms with Crippen LogP contribution < -0.4 is 4.74 Å². The number of aromatic nitrogens is 1. The summed E-state index contributed by atoms with van der Waals surface area (Å²) in [6.07, 6.45) is 0.101. The van der Waals surface area contributed by atoms with E-state index in [1.807, 2.05) is 49.4 Å². The van der Waals surface area contributed by atoms with Crippen molar-refractivity contribution in [2.24, 2.45) is 5.10 Å². The van der Waals surface area contributed by atoms with Crippen LogP contribution in [0.4, 0.5) is 0 Å². The highest BCUT2D eigenvalue weighted by Gasteiger charge is 2.35. The minimum absolute atomic E-state index is 0.126. The number of para-hydroxylation sites is 1. The van der Waals surface area contributed by atoms with Gasteiger partial charge in [-0.3, -0.25) is 14.6 Å². The molecule has 192 valence electrons. The van der Waals surface area contributed by atoms with Gasteiger partial charge in [-0.25, -0.2) is 5.01 Å². The molecule has 1 atom stereocenters. The number of carboxylic acids is 1. The van der Waals surface area contributed by atoms with Crippen molar-refractivity contribution in [2.75, 3.05) is 7.11 Å². The van der Waals surface area contributed by atoms with Gasteiger partial charge in [-0.15, -0.1) is 0 Å². The highest BCUT2D eigenvalue weighted by atomic mass is 16.5. The van der Waals surface area contributed by atoms with Gasteiger partial charge in [-0.05, 0) is 43.2 Å². The Kier molecular flexibility index (Phi) is 6.92. The number of pyridine rings is 1. The van der Waals surface area contributed by atoms with E-state index >= 15 is 0 Å². The summed E-state index contributed by atoms with van der Waals surface area (Å²) in [5.74, 6) is -0.627. The molecule has 7 heteroatoms. The van der Waals surface area contributed by atoms with Gasteiger partial charge in [-0.1, -0.05) is 60.2 Å². The molecule has 3 aromatic carbocycles. The average molecular weight is 508 g/mol. The van der Waals surface area contributed by atoms with E-state index in [0.717, 1.165) is 44.6 Å². The molecule has 1 aliphatic rings. The van der Waals surface area contributed by atoms with Gasteiger partial charge in [0.15, 0.2) is 0 Å². The van der Waals surface area contributed by atoms with Crippen LogP contribution in [0.15, 0.2) is 77.9 Å². The van der Waals surface area contributed by atoms with E-state index in [-0.39, 0.29) is 24.8 Å². The SMILES string of the molecule is COc1ccc([C@H]2CC(c3c(C)nc4ccccc4c3-c3ccc(C)cc3)=NN2C(=O)CCC(=O)O)cc1. The number of hydrazone groups is 1. The van der Waals surface area contributed by atoms with Crippen LogP contribution in [0.2, 0.25) is 0 Å². The number of benzene rings is 3. The van der Waals surface area contributed by atoms with Crippen molar-refractivity contribution in [1.29, 1.82) is 0 Å². The largest absolute Gasteiger partial charge is 0.497 e. The third-order valence-electron chi connectivity index (χ3n) is 6.92. The van der Waals surface area contributed by atoms with Gasteiger partial charge in [0.25, 0.3) is 0 Å². The molecule has 0 saturated heterocycles. The summed E-state index contributed by atoms with van der Waals surface area (Å²) in [4.78, 5) is 29.3. The van der Waals surface area contributed by atoms with Crippen LogP contribution in [-0.4, -0.2) is 39.8 Å². The number of rotatable bonds is 7. The van der Waals surface area contributed by atoms with Crippen LogP contribution in [-0.2, 0) is 9.59 Å². The van der Waals surface area contributed by atoms with Crippen molar-refractivity contribution in [2.45, 2.75) is 39.2 Å². The Morgan fingerprint density at radius 1 is 0.947 bits per heavy atom. The van der Waals surface area contributed by atoms with Gasteiger partial charge < -0.3 is 9.84 Å². The Labute approximate surface area is 221 Å². The zero-order valence-electron chi connectivity index (χ0n) is 21.6. The number of amides is 1. The Morgan fingerprint density at radius 3 is 2.34 bits per heavy atom. The molecule has 2 heterocycles. The van der Waals surface area contributed by atoms with Crippen LogP contribution >= 0.6 is 0 Å². The zero-order chi connectivity index (χ0) is 26.8. The molecule has 7 nitrogen and oxygen atoms in total. The predicted molar refractivity (Wildman–Crippen MR) is 147 cm³/mol. The Hall–Kier alpha value is -4.52. The molecule has 1 N–H and O–H groups in total. The van der Waals surface area contributed by atoms with Crippen molar-refractivity contribution < 1.29 is 19.4 Å². The second kappa shape index (κ2) is 10.5. The van der Waals surface area contributed by atoms with E-state index in [2.05, 4.69) is 37.3 Å². The molecule has 0 bridgehead atoms. The first-order valence-electron chi connectivity index (χ1n) is 12.6. The monoisotopic (exact) mass is 507 g/mol. The Morgan fingerprint density at radius 2 is 1.66 bits per heavy atom. The summed E-state index contributed by atoms with van der Waals surface area (Å²) in [7, 11) is 1.61. The van der Waals surface area contributed by atoms with E-state index < -0.39 is 5.97 Å². The lowest BCUT2D eigenvalue weighted by molar-refractivity contribution is -0.141. The second-order valence-corrected chi connectivity index (χ2v) is 9.50. The van der Waals surface area contributed by atoms with Gasteiger partial charge >= 0.3 is 5.97 Å². The molecule has 0 unspecified atom stereocenters. The number of methoxy groups -OCH3 is 1. The highest BCUT2D eigenvalue weighted by molar-refractivity contribution is 6.14. The average Bonchev–Trinajstić information content (AvgIpc) is 3.36. The number of nitrogens with zero attached hydrogens (tertiary/aromatic N) is 3. The fourth-order valence-corrected chi connectivity index (χ4v) is 5.01. The number of hydrogen-bond donors (Lipinski definition) is 1. The number of hydrogen-bond acceptors (Lipinski definition) is 5. The van der Waals surface area contributed by atoms with Crippen LogP contribution in [0.25, 0.3) is 22.0 Å². The lowest BCUT2D eigenvalue weighted by Gasteiger charge is -2.22. The van der Waals surface area contributed by atoms with Gasteiger partial charge in [0.1, 0.15) is 5.75 Å². The number of carbonyl (C=O) groups is 2. The molecule has 1 aromatic heterocycles. The maximum absolute atomic E-state index is 13.2. The standard InChI is InChI=1S/C31H29N3O4/c1-19-8-10-22(11-9-19)31-24-6-4-5-7-25(24)32-20(2)30(31)26-18-27(21-12-14-23(38-3)15-13-21)34(33-26)28(35)16-17-29(36)37/h4-15,27H,16-18H2,1-3H3,(H,36,37)/t27-/m1/s1. The van der Waals surface area contributed by atoms with Gasteiger partial charge in [0.05, 0.1) is 30.8 Å². The predicted octanol–water partition coefficient (Wildman–Crippen LogP) is 6.07. The molecule has 38 heavy (non-hydrogen) atoms. The van der Waals surface area contributed by atoms with Crippen LogP contribution in [0.5, 0.6) is 5.75 Å². The van der Waals surface area contributed by atoms with Crippen LogP contribution in [0, 0.1) is 13.8 Å². The smallest absolute Gasteiger partial charge is 0.303 e. The zero-order valence-corrected chi connectivity index (χ0v) is 21.6. The molecule has 5 rings (SSSR count). The van der Waals surface area contributed by atoms with Crippen molar-refractivity contribution in [3.63, 3.8) is 0 Å². The third kappa shape index (κ3) is 4.87. The van der Waals surface area contributed by atoms with Crippen molar-refractivity contribution in [3.05, 3.63) is 95.2 Å². The first-order valence-corrected chi connectivity index (χ1v) is 12.6. The van der Waals surface area contributed by atoms with Crippen LogP contribution in [0.1, 0.15) is 47.7 Å². The number of carbonyl (C=O) groups excluding carboxylic acids is 1. The second-order valence-electron chi connectivity index (χ2n) is 9.50. The summed E-state index contributed by atoms with van der Waals surface area (Å²) < 4.78 is 5.31. The van der Waals surface area contributed by atoms with E-state index in [9.17, 15) is 9.59 Å². The fraction of sp³-hybridized carbons (Fsp3) is 0.226. The first-order chi connectivity index (χ1) is 18.4. The molecule has 0 saturated carbocycles. The summed E-state index contributed by atoms with van der Waals surface area (Å²) in [5, 5.41) is 16.5. The molecule has 0 aliphatic carbocycles. The van der Waals surface area contributed by atoms with Crippen molar-refractivity contribution in [1.82, 2.24) is 9.99 Å². The number of fused-ring (bicyclic) bond motifs is 1. The molecular weight excluding hydrogens is 478 g/mol. The molecule has 1 aliphatic heterocycles. The molecule has 0 radical (unpaired) electrons. The number of aryl methyl sites for hydroxylation is 2. The van der Waals surface area contributed by atoms with E-state index in [0.29, 0.717) is 12.2 Å². The minimum atomic E-state index is -1.01. The van der Waals surface area contributed by atoms with Crippen LogP contribution in [0.3, 0.4) is 0 Å². The summed E-state index contributed by atoms with van der Waals surface area (Å²) >= 11 is 0. The number of ether oxygens (including phenoxy) is 1. The number of aliphatic carboxylic acids is 1. The maximum Gasteiger partial charge on any atom is 0.303 e. The van der Waals surface area contributed by atoms with Gasteiger partial charge in [0.2, 0.25) is 5.91 Å². The lowest BCUT2D eigenvalue weighted by atomic mass is 9.89. The topological polar surface area (TPSA) is 92.1 Å². The van der Waals surface area contributed by atoms with Gasteiger partial charge in [0, 0.05) is 35.0 Å². The van der Waals surface area contributed by atoms with Crippen molar-refractivity contribution >= 4 is 28.5 Å². The Balaban J connectivity index is 1.66. The summed E-state index contributed by atoms with van der Waals surface area (Å²) in [5.41, 5.74) is 7.51. The highest BCUT2D eigenvalue weighted by Crippen LogP contribution is 2.40. The van der Waals surface area contributed by atoms with E-state index in [1.165, 1.54) is 10.6 Å². The van der Waals surface area contributed by atoms with E-state index in [4.69, 9.17) is 19.9 Å². The molecule has 1 amide bonds. The molecular formula is C31H29N3O4. The molecule has 4 aromatic rings. The summed E-state index contributed by atoms with van der Waals surface area (Å²) in [6, 6.07) is 23.6. The maximum atomic E-state index is 13.2. The Bertz CT molecular complexity index is 1540. The van der Waals surface area contributed by atoms with Gasteiger partial charge in [-0.2, -0.15) is 5.10 Å². The van der Waals surface area contributed by atoms with E-state index in [1.54, 1.807) is 7.11 Å². The molecule has 0 fully saturated rings.